The van der Waals surface area contributed by atoms with Crippen LogP contribution in [0.3, 0.4) is 0 Å². The minimum Gasteiger partial charge on any atom is -0.469 e. The van der Waals surface area contributed by atoms with Gasteiger partial charge in [-0.3, -0.25) is 9.59 Å². The molecule has 1 aliphatic carbocycles. The third-order valence-electron chi connectivity index (χ3n) is 6.11. The molecular formula is C22H31FN2O4. The average Bonchev–Trinajstić information content (AvgIpc) is 3.09. The predicted molar refractivity (Wildman–Crippen MR) is 108 cm³/mol. The number of amides is 1. The number of ether oxygens (including phenoxy) is 2. The first-order chi connectivity index (χ1) is 13.9. The van der Waals surface area contributed by atoms with E-state index in [0.29, 0.717) is 18.7 Å². The molecule has 2 fully saturated rings. The van der Waals surface area contributed by atoms with E-state index in [-0.39, 0.29) is 42.9 Å². The summed E-state index contributed by atoms with van der Waals surface area (Å²) in [6.45, 7) is 2.36. The Hall–Kier alpha value is -2.15. The van der Waals surface area contributed by atoms with Crippen LogP contribution in [0, 0.1) is 12.8 Å². The summed E-state index contributed by atoms with van der Waals surface area (Å²) in [5.41, 5.74) is 8.34. The molecule has 3 rings (SSSR count). The van der Waals surface area contributed by atoms with Crippen molar-refractivity contribution in [3.05, 3.63) is 29.3 Å². The maximum atomic E-state index is 14.1. The number of esters is 1. The van der Waals surface area contributed by atoms with E-state index in [1.807, 2.05) is 19.1 Å². The number of methoxy groups -OCH3 is 1. The van der Waals surface area contributed by atoms with Crippen molar-refractivity contribution in [2.75, 3.05) is 26.0 Å². The molecule has 2 aliphatic rings. The van der Waals surface area contributed by atoms with Gasteiger partial charge in [0.1, 0.15) is 6.17 Å². The molecule has 1 heterocycles. The number of nitrogens with two attached hydrogens (primary N) is 1. The Morgan fingerprint density at radius 2 is 1.97 bits per heavy atom. The van der Waals surface area contributed by atoms with Crippen LogP contribution in [0.15, 0.2) is 18.2 Å². The second-order valence-electron chi connectivity index (χ2n) is 8.23. The van der Waals surface area contributed by atoms with Crippen molar-refractivity contribution in [3.63, 3.8) is 0 Å². The molecule has 0 radical (unpaired) electrons. The number of anilines is 1. The molecule has 0 aromatic heterocycles. The fourth-order valence-electron chi connectivity index (χ4n) is 4.33. The summed E-state index contributed by atoms with van der Waals surface area (Å²) in [6, 6.07) is 5.30. The number of hydrogen-bond acceptors (Lipinski definition) is 5. The van der Waals surface area contributed by atoms with E-state index in [1.54, 1.807) is 11.0 Å². The summed E-state index contributed by atoms with van der Waals surface area (Å²) in [5, 5.41) is 0. The smallest absolute Gasteiger partial charge is 0.308 e. The summed E-state index contributed by atoms with van der Waals surface area (Å²) in [5.74, 6) is -0.297. The van der Waals surface area contributed by atoms with Gasteiger partial charge in [-0.25, -0.2) is 4.39 Å². The quantitative estimate of drug-likeness (QED) is 0.580. The van der Waals surface area contributed by atoms with Crippen molar-refractivity contribution in [1.29, 1.82) is 0 Å². The largest absolute Gasteiger partial charge is 0.469 e. The summed E-state index contributed by atoms with van der Waals surface area (Å²) in [7, 11) is 1.41. The lowest BCUT2D eigenvalue weighted by Crippen LogP contribution is -2.40. The standard InChI is InChI=1S/C22H31FN2O4/c1-14-9-15(3-8-20(14)24)10-21(26)25-12-17(23)11-18(25)13-29-19-6-4-16(5-7-19)22(27)28-2/h3,8-9,16-19H,4-7,10-13,24H2,1-2H3/t16-,17-,18-,19-/m0/s1. The van der Waals surface area contributed by atoms with Crippen molar-refractivity contribution in [1.82, 2.24) is 4.90 Å². The van der Waals surface area contributed by atoms with Crippen LogP contribution in [0.25, 0.3) is 0 Å². The summed E-state index contributed by atoms with van der Waals surface area (Å²) >= 11 is 0. The van der Waals surface area contributed by atoms with Crippen molar-refractivity contribution < 1.29 is 23.5 Å². The number of rotatable bonds is 6. The van der Waals surface area contributed by atoms with Gasteiger partial charge in [0.15, 0.2) is 0 Å². The number of aryl methyl sites for hydroxylation is 1. The van der Waals surface area contributed by atoms with E-state index < -0.39 is 6.17 Å². The number of halogens is 1. The van der Waals surface area contributed by atoms with Crippen molar-refractivity contribution >= 4 is 17.6 Å². The molecule has 1 aromatic carbocycles. The van der Waals surface area contributed by atoms with Gasteiger partial charge < -0.3 is 20.1 Å². The highest BCUT2D eigenvalue weighted by molar-refractivity contribution is 5.79. The number of carbonyl (C=O) groups excluding carboxylic acids is 2. The number of likely N-dealkylation sites (tertiary alicyclic amines) is 1. The predicted octanol–water partition coefficient (Wildman–Crippen LogP) is 2.81. The molecule has 0 spiro atoms. The lowest BCUT2D eigenvalue weighted by molar-refractivity contribution is -0.148. The van der Waals surface area contributed by atoms with E-state index in [9.17, 15) is 14.0 Å². The first kappa shape index (κ1) is 21.6. The molecule has 7 heteroatoms. The third kappa shape index (κ3) is 5.47. The Balaban J connectivity index is 1.51. The van der Waals surface area contributed by atoms with Gasteiger partial charge in [-0.05, 0) is 49.8 Å². The van der Waals surface area contributed by atoms with Crippen LogP contribution >= 0.6 is 0 Å². The Labute approximate surface area is 171 Å². The van der Waals surface area contributed by atoms with Crippen molar-refractivity contribution in [2.24, 2.45) is 5.92 Å². The normalized spacial score (nSPS) is 27.1. The molecule has 1 saturated carbocycles. The molecule has 0 unspecified atom stereocenters. The van der Waals surface area contributed by atoms with E-state index >= 15 is 0 Å². The Morgan fingerprint density at radius 3 is 2.62 bits per heavy atom. The zero-order chi connectivity index (χ0) is 21.0. The summed E-state index contributed by atoms with van der Waals surface area (Å²) in [4.78, 5) is 26.0. The lowest BCUT2D eigenvalue weighted by Gasteiger charge is -2.30. The molecular weight excluding hydrogens is 375 g/mol. The molecule has 1 amide bonds. The SMILES string of the molecule is COC(=O)[C@H]1CC[C@H](OC[C@@H]2C[C@H](F)CN2C(=O)Cc2ccc(N)c(C)c2)CC1. The zero-order valence-electron chi connectivity index (χ0n) is 17.2. The monoisotopic (exact) mass is 406 g/mol. The Bertz CT molecular complexity index is 734. The minimum atomic E-state index is -1.02. The van der Waals surface area contributed by atoms with Gasteiger partial charge in [0, 0.05) is 12.1 Å². The van der Waals surface area contributed by atoms with E-state index in [1.165, 1.54) is 7.11 Å². The van der Waals surface area contributed by atoms with Crippen LogP contribution in [-0.4, -0.2) is 55.4 Å². The first-order valence-corrected chi connectivity index (χ1v) is 10.3. The molecule has 2 atom stereocenters. The number of nitrogen functional groups attached to an aromatic ring is 1. The highest BCUT2D eigenvalue weighted by Gasteiger charge is 2.36. The topological polar surface area (TPSA) is 81.9 Å². The number of carbonyl (C=O) groups is 2. The van der Waals surface area contributed by atoms with Crippen molar-refractivity contribution in [2.45, 2.75) is 63.8 Å². The fourth-order valence-corrected chi connectivity index (χ4v) is 4.33. The Kier molecular flexibility index (Phi) is 7.11. The summed E-state index contributed by atoms with van der Waals surface area (Å²) < 4.78 is 24.9. The van der Waals surface area contributed by atoms with Crippen molar-refractivity contribution in [3.8, 4) is 0 Å². The maximum Gasteiger partial charge on any atom is 0.308 e. The van der Waals surface area contributed by atoms with E-state index in [2.05, 4.69) is 0 Å². The van der Waals surface area contributed by atoms with Crippen LogP contribution in [0.5, 0.6) is 0 Å². The number of hydrogen-bond donors (Lipinski definition) is 1. The average molecular weight is 406 g/mol. The highest BCUT2D eigenvalue weighted by atomic mass is 19.1. The van der Waals surface area contributed by atoms with Gasteiger partial charge in [-0.1, -0.05) is 12.1 Å². The number of nitrogens with zero attached hydrogens (tertiary/aromatic N) is 1. The highest BCUT2D eigenvalue weighted by Crippen LogP contribution is 2.29. The molecule has 0 bridgehead atoms. The van der Waals surface area contributed by atoms with Gasteiger partial charge in [0.2, 0.25) is 5.91 Å². The summed E-state index contributed by atoms with van der Waals surface area (Å²) in [6.07, 6.45) is 2.62. The van der Waals surface area contributed by atoms with Gasteiger partial charge in [0.05, 0.1) is 44.7 Å². The molecule has 1 aliphatic heterocycles. The lowest BCUT2D eigenvalue weighted by atomic mass is 9.87. The fraction of sp³-hybridized carbons (Fsp3) is 0.636. The van der Waals surface area contributed by atoms with Crippen LogP contribution in [-0.2, 0) is 25.5 Å². The number of alkyl halides is 1. The molecule has 6 nitrogen and oxygen atoms in total. The molecule has 2 N–H and O–H groups in total. The second kappa shape index (κ2) is 9.57. The van der Waals surface area contributed by atoms with Crippen LogP contribution in [0.1, 0.15) is 43.2 Å². The molecule has 29 heavy (non-hydrogen) atoms. The van der Waals surface area contributed by atoms with E-state index in [0.717, 1.165) is 36.8 Å². The first-order valence-electron chi connectivity index (χ1n) is 10.3. The molecule has 160 valence electrons. The molecule has 1 saturated heterocycles. The zero-order valence-corrected chi connectivity index (χ0v) is 17.2. The van der Waals surface area contributed by atoms with Gasteiger partial charge in [0.25, 0.3) is 0 Å². The van der Waals surface area contributed by atoms with Crippen LogP contribution in [0.4, 0.5) is 10.1 Å². The Morgan fingerprint density at radius 1 is 1.24 bits per heavy atom. The van der Waals surface area contributed by atoms with Crippen LogP contribution in [0.2, 0.25) is 0 Å². The maximum absolute atomic E-state index is 14.1. The van der Waals surface area contributed by atoms with Gasteiger partial charge >= 0.3 is 5.97 Å². The van der Waals surface area contributed by atoms with E-state index in [4.69, 9.17) is 15.2 Å². The van der Waals surface area contributed by atoms with Gasteiger partial charge in [-0.2, -0.15) is 0 Å². The third-order valence-corrected chi connectivity index (χ3v) is 6.11. The minimum absolute atomic E-state index is 0.0475. The second-order valence-corrected chi connectivity index (χ2v) is 8.23. The van der Waals surface area contributed by atoms with Gasteiger partial charge in [-0.15, -0.1) is 0 Å². The number of benzene rings is 1. The molecule has 1 aromatic rings. The van der Waals surface area contributed by atoms with Crippen LogP contribution < -0.4 is 5.73 Å².